The molecule has 1 aliphatic rings. The molecule has 1 saturated carbocycles. The van der Waals surface area contributed by atoms with Crippen LogP contribution in [0.5, 0.6) is 0 Å². The predicted octanol–water partition coefficient (Wildman–Crippen LogP) is 2.45. The normalized spacial score (nSPS) is 24.4. The lowest BCUT2D eigenvalue weighted by Gasteiger charge is -2.38. The number of imidazole rings is 1. The molecular weight excluding hydrogens is 198 g/mol. The van der Waals surface area contributed by atoms with Crippen LogP contribution in [0, 0.1) is 19.8 Å². The molecular formula is C13H23N3. The fourth-order valence-corrected chi connectivity index (χ4v) is 2.47. The quantitative estimate of drug-likeness (QED) is 0.774. The third-order valence-corrected chi connectivity index (χ3v) is 3.85. The van der Waals surface area contributed by atoms with Crippen molar-refractivity contribution in [3.63, 3.8) is 0 Å². The minimum Gasteiger partial charge on any atom is -0.331 e. The Labute approximate surface area is 98.3 Å². The molecule has 0 aromatic carbocycles. The SMILES string of the molecule is CCCNCC1CCC1n1cnc(C)c1C. The molecule has 0 radical (unpaired) electrons. The summed E-state index contributed by atoms with van der Waals surface area (Å²) >= 11 is 0. The van der Waals surface area contributed by atoms with Crippen LogP contribution in [0.25, 0.3) is 0 Å². The molecule has 1 fully saturated rings. The van der Waals surface area contributed by atoms with Gasteiger partial charge in [-0.25, -0.2) is 4.98 Å². The van der Waals surface area contributed by atoms with Crippen LogP contribution in [0.1, 0.15) is 43.6 Å². The topological polar surface area (TPSA) is 29.9 Å². The van der Waals surface area contributed by atoms with Crippen molar-refractivity contribution in [2.75, 3.05) is 13.1 Å². The smallest absolute Gasteiger partial charge is 0.0954 e. The van der Waals surface area contributed by atoms with Crippen molar-refractivity contribution in [2.24, 2.45) is 5.92 Å². The van der Waals surface area contributed by atoms with E-state index in [4.69, 9.17) is 0 Å². The molecule has 2 rings (SSSR count). The van der Waals surface area contributed by atoms with Gasteiger partial charge in [-0.05, 0) is 52.1 Å². The van der Waals surface area contributed by atoms with Gasteiger partial charge in [0.25, 0.3) is 0 Å². The standard InChI is InChI=1S/C13H23N3/c1-4-7-14-8-12-5-6-13(12)16-9-15-10(2)11(16)3/h9,12-14H,4-8H2,1-3H3. The first-order valence-corrected chi connectivity index (χ1v) is 6.44. The Morgan fingerprint density at radius 2 is 2.25 bits per heavy atom. The van der Waals surface area contributed by atoms with Crippen LogP contribution in [-0.2, 0) is 0 Å². The van der Waals surface area contributed by atoms with Gasteiger partial charge in [-0.15, -0.1) is 0 Å². The molecule has 0 spiro atoms. The van der Waals surface area contributed by atoms with E-state index in [1.54, 1.807) is 0 Å². The van der Waals surface area contributed by atoms with Gasteiger partial charge in [0.2, 0.25) is 0 Å². The zero-order valence-electron chi connectivity index (χ0n) is 10.7. The summed E-state index contributed by atoms with van der Waals surface area (Å²) in [5, 5.41) is 3.53. The van der Waals surface area contributed by atoms with Crippen LogP contribution in [-0.4, -0.2) is 22.6 Å². The maximum absolute atomic E-state index is 4.39. The van der Waals surface area contributed by atoms with Gasteiger partial charge in [0.15, 0.2) is 0 Å². The van der Waals surface area contributed by atoms with Gasteiger partial charge in [-0.2, -0.15) is 0 Å². The molecule has 2 atom stereocenters. The Balaban J connectivity index is 1.93. The first-order chi connectivity index (χ1) is 7.74. The lowest BCUT2D eigenvalue weighted by Crippen LogP contribution is -2.37. The number of aryl methyl sites for hydroxylation is 1. The fraction of sp³-hybridized carbons (Fsp3) is 0.769. The third-order valence-electron chi connectivity index (χ3n) is 3.85. The lowest BCUT2D eigenvalue weighted by molar-refractivity contribution is 0.175. The van der Waals surface area contributed by atoms with Gasteiger partial charge in [0.1, 0.15) is 0 Å². The van der Waals surface area contributed by atoms with Crippen LogP contribution >= 0.6 is 0 Å². The second-order valence-corrected chi connectivity index (χ2v) is 4.93. The van der Waals surface area contributed by atoms with Crippen molar-refractivity contribution in [2.45, 2.75) is 46.1 Å². The zero-order valence-corrected chi connectivity index (χ0v) is 10.7. The maximum Gasteiger partial charge on any atom is 0.0954 e. The average Bonchev–Trinajstić information content (AvgIpc) is 2.55. The molecule has 16 heavy (non-hydrogen) atoms. The molecule has 1 aromatic heterocycles. The fourth-order valence-electron chi connectivity index (χ4n) is 2.47. The number of hydrogen-bond donors (Lipinski definition) is 1. The van der Waals surface area contributed by atoms with Crippen LogP contribution in [0.2, 0.25) is 0 Å². The highest BCUT2D eigenvalue weighted by Gasteiger charge is 2.32. The van der Waals surface area contributed by atoms with Crippen molar-refractivity contribution < 1.29 is 0 Å². The summed E-state index contributed by atoms with van der Waals surface area (Å²) in [6.45, 7) is 8.79. The Bertz CT molecular complexity index is 343. The van der Waals surface area contributed by atoms with E-state index < -0.39 is 0 Å². The maximum atomic E-state index is 4.39. The number of hydrogen-bond acceptors (Lipinski definition) is 2. The van der Waals surface area contributed by atoms with Gasteiger partial charge < -0.3 is 9.88 Å². The van der Waals surface area contributed by atoms with E-state index in [1.807, 2.05) is 6.33 Å². The Kier molecular flexibility index (Phi) is 3.64. The van der Waals surface area contributed by atoms with Crippen LogP contribution < -0.4 is 5.32 Å². The molecule has 1 aromatic rings. The number of rotatable bonds is 5. The monoisotopic (exact) mass is 221 g/mol. The highest BCUT2D eigenvalue weighted by Crippen LogP contribution is 2.38. The van der Waals surface area contributed by atoms with Gasteiger partial charge >= 0.3 is 0 Å². The first-order valence-electron chi connectivity index (χ1n) is 6.44. The van der Waals surface area contributed by atoms with E-state index in [-0.39, 0.29) is 0 Å². The van der Waals surface area contributed by atoms with Crippen molar-refractivity contribution >= 4 is 0 Å². The van der Waals surface area contributed by atoms with E-state index in [0.29, 0.717) is 6.04 Å². The highest BCUT2D eigenvalue weighted by molar-refractivity contribution is 5.11. The van der Waals surface area contributed by atoms with Gasteiger partial charge in [0.05, 0.1) is 12.0 Å². The van der Waals surface area contributed by atoms with E-state index >= 15 is 0 Å². The molecule has 0 saturated heterocycles. The summed E-state index contributed by atoms with van der Waals surface area (Å²) in [5.41, 5.74) is 2.51. The van der Waals surface area contributed by atoms with Crippen molar-refractivity contribution in [3.05, 3.63) is 17.7 Å². The summed E-state index contributed by atoms with van der Waals surface area (Å²) in [6.07, 6.45) is 5.91. The molecule has 0 aliphatic heterocycles. The second kappa shape index (κ2) is 5.00. The van der Waals surface area contributed by atoms with Gasteiger partial charge in [0, 0.05) is 11.7 Å². The zero-order chi connectivity index (χ0) is 11.5. The molecule has 90 valence electrons. The molecule has 2 unspecified atom stereocenters. The predicted molar refractivity (Wildman–Crippen MR) is 66.6 cm³/mol. The Morgan fingerprint density at radius 3 is 2.75 bits per heavy atom. The van der Waals surface area contributed by atoms with E-state index in [9.17, 15) is 0 Å². The van der Waals surface area contributed by atoms with E-state index in [1.165, 1.54) is 30.7 Å². The van der Waals surface area contributed by atoms with Gasteiger partial charge in [-0.3, -0.25) is 0 Å². The summed E-state index contributed by atoms with van der Waals surface area (Å²) in [4.78, 5) is 4.39. The van der Waals surface area contributed by atoms with Crippen LogP contribution in [0.15, 0.2) is 6.33 Å². The van der Waals surface area contributed by atoms with Crippen molar-refractivity contribution in [1.29, 1.82) is 0 Å². The van der Waals surface area contributed by atoms with Crippen molar-refractivity contribution in [1.82, 2.24) is 14.9 Å². The van der Waals surface area contributed by atoms with Crippen LogP contribution in [0.4, 0.5) is 0 Å². The van der Waals surface area contributed by atoms with Crippen molar-refractivity contribution in [3.8, 4) is 0 Å². The molecule has 1 N–H and O–H groups in total. The van der Waals surface area contributed by atoms with E-state index in [0.717, 1.165) is 19.0 Å². The molecule has 3 nitrogen and oxygen atoms in total. The summed E-state index contributed by atoms with van der Waals surface area (Å²) in [6, 6.07) is 0.686. The second-order valence-electron chi connectivity index (χ2n) is 4.93. The highest BCUT2D eigenvalue weighted by atomic mass is 15.1. The number of nitrogens with zero attached hydrogens (tertiary/aromatic N) is 2. The summed E-state index contributed by atoms with van der Waals surface area (Å²) in [5.74, 6) is 0.804. The minimum absolute atomic E-state index is 0.686. The number of aromatic nitrogens is 2. The summed E-state index contributed by atoms with van der Waals surface area (Å²) in [7, 11) is 0. The lowest BCUT2D eigenvalue weighted by atomic mass is 9.79. The van der Waals surface area contributed by atoms with Gasteiger partial charge in [-0.1, -0.05) is 6.92 Å². The Hall–Kier alpha value is -0.830. The largest absolute Gasteiger partial charge is 0.331 e. The molecule has 3 heteroatoms. The Morgan fingerprint density at radius 1 is 1.44 bits per heavy atom. The number of nitrogens with one attached hydrogen (secondary N) is 1. The molecule has 0 amide bonds. The average molecular weight is 221 g/mol. The molecule has 1 heterocycles. The van der Waals surface area contributed by atoms with Crippen LogP contribution in [0.3, 0.4) is 0 Å². The summed E-state index contributed by atoms with van der Waals surface area (Å²) < 4.78 is 2.37. The molecule has 0 bridgehead atoms. The first kappa shape index (κ1) is 11.6. The van der Waals surface area contributed by atoms with E-state index in [2.05, 4.69) is 35.6 Å². The third kappa shape index (κ3) is 2.14. The molecule has 1 aliphatic carbocycles. The minimum atomic E-state index is 0.686.